The first-order chi connectivity index (χ1) is 16.9. The molecule has 0 fully saturated rings. The fraction of sp³-hybridized carbons (Fsp3) is 0. The van der Waals surface area contributed by atoms with Crippen LogP contribution in [0.1, 0.15) is 0 Å². The lowest BCUT2D eigenvalue weighted by molar-refractivity contribution is 0.481. The van der Waals surface area contributed by atoms with Gasteiger partial charge in [0.15, 0.2) is 5.43 Å². The summed E-state index contributed by atoms with van der Waals surface area (Å²) in [6.45, 7) is 0. The fourth-order valence-corrected chi connectivity index (χ4v) is 5.22. The molecule has 7 heteroatoms. The Balaban J connectivity index is 1.78. The first-order valence-electron chi connectivity index (χ1n) is 10.6. The van der Waals surface area contributed by atoms with Crippen molar-refractivity contribution >= 4 is 66.4 Å². The largest absolute Gasteiger partial charge is 0.507 e. The van der Waals surface area contributed by atoms with Gasteiger partial charge in [-0.2, -0.15) is 0 Å². The number of hydrogen-bond acceptors (Lipinski definition) is 4. The molecule has 0 unspecified atom stereocenters. The molecule has 0 bridgehead atoms. The molecule has 4 aromatic carbocycles. The monoisotopic (exact) mass is 561 g/mol. The lowest BCUT2D eigenvalue weighted by atomic mass is 9.87. The van der Waals surface area contributed by atoms with Gasteiger partial charge in [-0.25, -0.2) is 4.99 Å². The van der Waals surface area contributed by atoms with Crippen LogP contribution in [0.5, 0.6) is 17.2 Å². The highest BCUT2D eigenvalue weighted by atomic mass is 79.9. The van der Waals surface area contributed by atoms with E-state index in [1.165, 1.54) is 12.1 Å². The highest BCUT2D eigenvalue weighted by Gasteiger charge is 2.26. The van der Waals surface area contributed by atoms with Gasteiger partial charge in [-0.3, -0.25) is 4.79 Å². The fourth-order valence-electron chi connectivity index (χ4n) is 4.45. The molecule has 0 amide bonds. The number of phenolic OH excluding ortho intramolecular Hbond substituents is 1. The van der Waals surface area contributed by atoms with Crippen LogP contribution >= 0.6 is 39.1 Å². The standard InChI is InChI=1S/C28H14BrCl2NO3/c29-14-6-8-16(9-7-14)35-24-11-18-20(31)12-22(33)27-21(32-15-4-2-1-3-5-15)10-17-19(30)13-23(34)28(24)26(17)25(18)27/h1-13,33H. The van der Waals surface area contributed by atoms with E-state index >= 15 is 0 Å². The van der Waals surface area contributed by atoms with Crippen LogP contribution in [-0.4, -0.2) is 5.11 Å². The number of hydrogen-bond donors (Lipinski definition) is 1. The Labute approximate surface area is 217 Å². The third-order valence-corrected chi connectivity index (χ3v) is 7.09. The van der Waals surface area contributed by atoms with Gasteiger partial charge < -0.3 is 9.84 Å². The Kier molecular flexibility index (Phi) is 5.29. The van der Waals surface area contributed by atoms with Crippen LogP contribution < -0.4 is 15.5 Å². The summed E-state index contributed by atoms with van der Waals surface area (Å²) in [5.74, 6) is 0.884. The number of phenols is 1. The lowest BCUT2D eigenvalue weighted by Crippen LogP contribution is -2.12. The lowest BCUT2D eigenvalue weighted by Gasteiger charge is -2.20. The van der Waals surface area contributed by atoms with E-state index in [2.05, 4.69) is 15.9 Å². The van der Waals surface area contributed by atoms with Crippen LogP contribution in [0.2, 0.25) is 10.0 Å². The summed E-state index contributed by atoms with van der Waals surface area (Å²) in [6, 6.07) is 23.1. The van der Waals surface area contributed by atoms with Gasteiger partial charge in [0, 0.05) is 32.4 Å². The molecule has 4 nitrogen and oxygen atoms in total. The molecule has 2 aliphatic rings. The third kappa shape index (κ3) is 3.67. The number of halogens is 3. The minimum absolute atomic E-state index is 0.0330. The van der Waals surface area contributed by atoms with Crippen molar-refractivity contribution in [3.05, 3.63) is 109 Å². The van der Waals surface area contributed by atoms with Gasteiger partial charge >= 0.3 is 0 Å². The molecule has 170 valence electrons. The average Bonchev–Trinajstić information content (AvgIpc) is 2.83. The Bertz CT molecular complexity index is 1820. The zero-order valence-corrected chi connectivity index (χ0v) is 20.9. The molecule has 0 aromatic heterocycles. The molecule has 0 saturated carbocycles. The molecule has 0 radical (unpaired) electrons. The zero-order valence-electron chi connectivity index (χ0n) is 17.9. The first-order valence-corrected chi connectivity index (χ1v) is 12.2. The second-order valence-corrected chi connectivity index (χ2v) is 9.83. The van der Waals surface area contributed by atoms with E-state index in [0.29, 0.717) is 60.2 Å². The van der Waals surface area contributed by atoms with Crippen LogP contribution in [0, 0.1) is 0 Å². The van der Waals surface area contributed by atoms with Crippen LogP contribution in [0.15, 0.2) is 93.1 Å². The van der Waals surface area contributed by atoms with Crippen molar-refractivity contribution in [3.8, 4) is 28.4 Å². The Hall–Kier alpha value is -3.38. The predicted molar refractivity (Wildman–Crippen MR) is 144 cm³/mol. The summed E-state index contributed by atoms with van der Waals surface area (Å²) in [6.07, 6.45) is 0. The van der Waals surface area contributed by atoms with E-state index in [9.17, 15) is 9.90 Å². The van der Waals surface area contributed by atoms with Gasteiger partial charge in [-0.15, -0.1) is 0 Å². The number of rotatable bonds is 3. The van der Waals surface area contributed by atoms with E-state index in [-0.39, 0.29) is 16.2 Å². The molecule has 4 aromatic rings. The van der Waals surface area contributed by atoms with Gasteiger partial charge in [0.05, 0.1) is 31.9 Å². The van der Waals surface area contributed by atoms with Crippen molar-refractivity contribution in [3.63, 3.8) is 0 Å². The normalized spacial score (nSPS) is 12.3. The minimum Gasteiger partial charge on any atom is -0.507 e. The Morgan fingerprint density at radius 1 is 0.829 bits per heavy atom. The van der Waals surface area contributed by atoms with E-state index in [1.807, 2.05) is 42.5 Å². The molecule has 1 N–H and O–H groups in total. The van der Waals surface area contributed by atoms with Crippen molar-refractivity contribution in [2.24, 2.45) is 4.99 Å². The highest BCUT2D eigenvalue weighted by Crippen LogP contribution is 2.48. The second-order valence-electron chi connectivity index (χ2n) is 8.10. The average molecular weight is 563 g/mol. The van der Waals surface area contributed by atoms with E-state index in [1.54, 1.807) is 24.3 Å². The van der Waals surface area contributed by atoms with Gasteiger partial charge in [-0.05, 0) is 54.6 Å². The van der Waals surface area contributed by atoms with Crippen molar-refractivity contribution < 1.29 is 9.84 Å². The molecule has 6 rings (SSSR count). The first kappa shape index (κ1) is 22.1. The smallest absolute Gasteiger partial charge is 0.191 e. The van der Waals surface area contributed by atoms with Gasteiger partial charge in [-0.1, -0.05) is 57.3 Å². The summed E-state index contributed by atoms with van der Waals surface area (Å²) in [5, 5.41) is 14.2. The van der Waals surface area contributed by atoms with Gasteiger partial charge in [0.2, 0.25) is 0 Å². The summed E-state index contributed by atoms with van der Waals surface area (Å²) in [5.41, 5.74) is 1.63. The van der Waals surface area contributed by atoms with Crippen LogP contribution in [0.3, 0.4) is 0 Å². The number of para-hydroxylation sites is 1. The van der Waals surface area contributed by atoms with Gasteiger partial charge in [0.1, 0.15) is 17.2 Å². The highest BCUT2D eigenvalue weighted by molar-refractivity contribution is 9.10. The maximum Gasteiger partial charge on any atom is 0.191 e. The summed E-state index contributed by atoms with van der Waals surface area (Å²) >= 11 is 16.6. The van der Waals surface area contributed by atoms with Crippen LogP contribution in [0.4, 0.5) is 5.69 Å². The van der Waals surface area contributed by atoms with Crippen molar-refractivity contribution in [2.75, 3.05) is 0 Å². The zero-order chi connectivity index (χ0) is 24.3. The molecular formula is C28H14BrCl2NO3. The molecule has 0 saturated heterocycles. The maximum absolute atomic E-state index is 13.2. The predicted octanol–water partition coefficient (Wildman–Crippen LogP) is 8.13. The molecule has 0 heterocycles. The Morgan fingerprint density at radius 2 is 1.57 bits per heavy atom. The summed E-state index contributed by atoms with van der Waals surface area (Å²) in [4.78, 5) is 18.0. The summed E-state index contributed by atoms with van der Waals surface area (Å²) < 4.78 is 7.08. The quantitative estimate of drug-likeness (QED) is 0.221. The SMILES string of the molecule is O=c1cc(Cl)c2cc(=Nc3ccccc3)c3c(O)cc(Cl)c4cc(Oc5ccc(Br)cc5)c1c-2c43. The Morgan fingerprint density at radius 3 is 2.31 bits per heavy atom. The second kappa shape index (κ2) is 8.38. The van der Waals surface area contributed by atoms with E-state index < -0.39 is 0 Å². The molecule has 0 aliphatic heterocycles. The van der Waals surface area contributed by atoms with Crippen LogP contribution in [-0.2, 0) is 0 Å². The number of aromatic hydroxyl groups is 1. The molecule has 0 atom stereocenters. The maximum atomic E-state index is 13.2. The minimum atomic E-state index is -0.287. The van der Waals surface area contributed by atoms with Crippen molar-refractivity contribution in [1.82, 2.24) is 0 Å². The van der Waals surface area contributed by atoms with Gasteiger partial charge in [0.25, 0.3) is 0 Å². The number of ether oxygens (including phenoxy) is 1. The molecular weight excluding hydrogens is 549 g/mol. The number of benzene rings is 6. The van der Waals surface area contributed by atoms with Crippen LogP contribution in [0.25, 0.3) is 32.7 Å². The third-order valence-electron chi connectivity index (χ3n) is 5.93. The molecule has 35 heavy (non-hydrogen) atoms. The van der Waals surface area contributed by atoms with Crippen molar-refractivity contribution in [2.45, 2.75) is 0 Å². The van der Waals surface area contributed by atoms with E-state index in [0.717, 1.165) is 4.47 Å². The molecule has 2 aliphatic carbocycles. The number of nitrogens with zero attached hydrogens (tertiary/aromatic N) is 1. The molecule has 0 spiro atoms. The summed E-state index contributed by atoms with van der Waals surface area (Å²) in [7, 11) is 0. The van der Waals surface area contributed by atoms with E-state index in [4.69, 9.17) is 32.9 Å². The topological polar surface area (TPSA) is 58.9 Å². The van der Waals surface area contributed by atoms with Crippen molar-refractivity contribution in [1.29, 1.82) is 0 Å².